The Labute approximate surface area is 215 Å². The lowest BCUT2D eigenvalue weighted by atomic mass is 10.1. The number of anilines is 2. The molecule has 9 heteroatoms. The Morgan fingerprint density at radius 1 is 1.08 bits per heavy atom. The maximum Gasteiger partial charge on any atom is 0.211 e. The van der Waals surface area contributed by atoms with Crippen LogP contribution in [0.2, 0.25) is 5.02 Å². The molecule has 0 amide bonds. The number of rotatable bonds is 5. The van der Waals surface area contributed by atoms with Crippen LogP contribution in [0.3, 0.4) is 0 Å². The number of aromatic nitrogens is 2. The molecule has 1 atom stereocenters. The van der Waals surface area contributed by atoms with Crippen LogP contribution in [0.5, 0.6) is 11.5 Å². The van der Waals surface area contributed by atoms with Crippen LogP contribution < -0.4 is 10.1 Å². The third-order valence-electron chi connectivity index (χ3n) is 5.84. The molecular formula is C27H23ClN4O3S. The van der Waals surface area contributed by atoms with E-state index in [1.165, 1.54) is 16.9 Å². The van der Waals surface area contributed by atoms with Crippen LogP contribution in [0.1, 0.15) is 12.0 Å². The molecule has 2 heterocycles. The predicted octanol–water partition coefficient (Wildman–Crippen LogP) is 5.45. The average molecular weight is 519 g/mol. The highest BCUT2D eigenvalue weighted by atomic mass is 35.5. The van der Waals surface area contributed by atoms with E-state index < -0.39 is 10.0 Å². The van der Waals surface area contributed by atoms with Crippen LogP contribution in [0.15, 0.2) is 73.1 Å². The Hall–Kier alpha value is -3.64. The number of hydrogen-bond donors (Lipinski definition) is 1. The maximum atomic E-state index is 11.8. The third kappa shape index (κ3) is 5.60. The topological polar surface area (TPSA) is 84.4 Å². The van der Waals surface area contributed by atoms with Crippen molar-refractivity contribution in [3.8, 4) is 23.3 Å². The molecule has 0 aliphatic carbocycles. The number of hydrogen-bond acceptors (Lipinski definition) is 6. The quantitative estimate of drug-likeness (QED) is 0.353. The summed E-state index contributed by atoms with van der Waals surface area (Å²) in [7, 11) is -3.18. The van der Waals surface area contributed by atoms with Gasteiger partial charge >= 0.3 is 0 Å². The highest BCUT2D eigenvalue weighted by molar-refractivity contribution is 7.88. The fourth-order valence-corrected chi connectivity index (χ4v) is 5.09. The van der Waals surface area contributed by atoms with Gasteiger partial charge in [-0.05, 0) is 55.0 Å². The molecule has 4 aromatic rings. The van der Waals surface area contributed by atoms with Crippen molar-refractivity contribution in [3.05, 3.63) is 83.6 Å². The number of halogens is 1. The van der Waals surface area contributed by atoms with Crippen LogP contribution in [0.4, 0.5) is 11.5 Å². The number of fused-ring (bicyclic) bond motifs is 1. The standard InChI is InChI=1S/C27H23ClN4O3S/c1-36(33,34)32-14-13-20(17-32)8-7-19-9-11-25-23(15-19)27(30-18-29-25)31-21-10-12-26(24(28)16-21)35-22-5-3-2-4-6-22/h2-6,9-12,15-16,18,20H,13-14,17H2,1H3,(H,29,30,31). The summed E-state index contributed by atoms with van der Waals surface area (Å²) >= 11 is 6.47. The van der Waals surface area contributed by atoms with Gasteiger partial charge in [0.2, 0.25) is 10.0 Å². The number of sulfonamides is 1. The van der Waals surface area contributed by atoms with Gasteiger partial charge in [-0.1, -0.05) is 41.6 Å². The molecular weight excluding hydrogens is 496 g/mol. The summed E-state index contributed by atoms with van der Waals surface area (Å²) in [6, 6.07) is 20.6. The molecule has 182 valence electrons. The van der Waals surface area contributed by atoms with E-state index in [4.69, 9.17) is 16.3 Å². The molecule has 0 bridgehead atoms. The van der Waals surface area contributed by atoms with Crippen molar-refractivity contribution in [2.24, 2.45) is 5.92 Å². The Morgan fingerprint density at radius 3 is 2.67 bits per heavy atom. The smallest absolute Gasteiger partial charge is 0.211 e. The van der Waals surface area contributed by atoms with Crippen molar-refractivity contribution in [1.29, 1.82) is 0 Å². The zero-order valence-electron chi connectivity index (χ0n) is 19.5. The second-order valence-corrected chi connectivity index (χ2v) is 10.9. The first-order valence-electron chi connectivity index (χ1n) is 11.4. The maximum absolute atomic E-state index is 11.8. The van der Waals surface area contributed by atoms with Gasteiger partial charge in [0.15, 0.2) is 0 Å². The van der Waals surface area contributed by atoms with Crippen LogP contribution in [-0.4, -0.2) is 42.0 Å². The van der Waals surface area contributed by atoms with E-state index in [2.05, 4.69) is 27.1 Å². The van der Waals surface area contributed by atoms with E-state index >= 15 is 0 Å². The number of nitrogens with one attached hydrogen (secondary N) is 1. The molecule has 5 rings (SSSR count). The molecule has 1 N–H and O–H groups in total. The molecule has 7 nitrogen and oxygen atoms in total. The molecule has 1 fully saturated rings. The Kier molecular flexibility index (Phi) is 6.79. The number of benzene rings is 3. The lowest BCUT2D eigenvalue weighted by Crippen LogP contribution is -2.27. The van der Waals surface area contributed by atoms with Crippen LogP contribution in [0, 0.1) is 17.8 Å². The molecule has 0 spiro atoms. The second kappa shape index (κ2) is 10.2. The van der Waals surface area contributed by atoms with Gasteiger partial charge in [0.1, 0.15) is 23.6 Å². The summed E-state index contributed by atoms with van der Waals surface area (Å²) in [6.45, 7) is 0.940. The normalized spacial score (nSPS) is 15.9. The molecule has 1 aliphatic heterocycles. The fraction of sp³-hybridized carbons (Fsp3) is 0.185. The van der Waals surface area contributed by atoms with Crippen molar-refractivity contribution >= 4 is 44.0 Å². The average Bonchev–Trinajstić information content (AvgIpc) is 3.35. The van der Waals surface area contributed by atoms with Crippen molar-refractivity contribution in [2.45, 2.75) is 6.42 Å². The molecule has 1 saturated heterocycles. The van der Waals surface area contributed by atoms with Gasteiger partial charge in [-0.2, -0.15) is 0 Å². The highest BCUT2D eigenvalue weighted by Gasteiger charge is 2.27. The Bertz CT molecular complexity index is 1580. The first kappa shape index (κ1) is 24.1. The van der Waals surface area contributed by atoms with Gasteiger partial charge in [-0.15, -0.1) is 0 Å². The largest absolute Gasteiger partial charge is 0.456 e. The molecule has 1 unspecified atom stereocenters. The van der Waals surface area contributed by atoms with E-state index in [9.17, 15) is 8.42 Å². The van der Waals surface area contributed by atoms with Gasteiger partial charge in [-0.25, -0.2) is 22.7 Å². The van der Waals surface area contributed by atoms with Crippen LogP contribution in [-0.2, 0) is 10.0 Å². The molecule has 3 aromatic carbocycles. The molecule has 1 aromatic heterocycles. The summed E-state index contributed by atoms with van der Waals surface area (Å²) in [5.41, 5.74) is 2.34. The van der Waals surface area contributed by atoms with E-state index in [0.717, 1.165) is 28.6 Å². The lowest BCUT2D eigenvalue weighted by Gasteiger charge is -2.12. The van der Waals surface area contributed by atoms with Crippen LogP contribution in [0.25, 0.3) is 10.9 Å². The van der Waals surface area contributed by atoms with Gasteiger partial charge in [0.25, 0.3) is 0 Å². The summed E-state index contributed by atoms with van der Waals surface area (Å²) in [5.74, 6) is 8.31. The molecule has 36 heavy (non-hydrogen) atoms. The van der Waals surface area contributed by atoms with Crippen molar-refractivity contribution in [3.63, 3.8) is 0 Å². The summed E-state index contributed by atoms with van der Waals surface area (Å²) in [5, 5.41) is 4.59. The van der Waals surface area contributed by atoms with E-state index in [1.54, 1.807) is 12.1 Å². The van der Waals surface area contributed by atoms with Crippen LogP contribution >= 0.6 is 11.6 Å². The predicted molar refractivity (Wildman–Crippen MR) is 142 cm³/mol. The van der Waals surface area contributed by atoms with Gasteiger partial charge < -0.3 is 10.1 Å². The monoisotopic (exact) mass is 518 g/mol. The minimum Gasteiger partial charge on any atom is -0.456 e. The molecule has 1 aliphatic rings. The molecule has 0 radical (unpaired) electrons. The van der Waals surface area contributed by atoms with E-state index in [1.807, 2.05) is 54.6 Å². The fourth-order valence-electron chi connectivity index (χ4n) is 3.98. The zero-order chi connectivity index (χ0) is 25.1. The summed E-state index contributed by atoms with van der Waals surface area (Å²) in [6.07, 6.45) is 3.47. The minimum absolute atomic E-state index is 0.0128. The van der Waals surface area contributed by atoms with E-state index in [-0.39, 0.29) is 5.92 Å². The SMILES string of the molecule is CS(=O)(=O)N1CCC(C#Cc2ccc3ncnc(Nc4ccc(Oc5ccccc5)c(Cl)c4)c3c2)C1. The highest BCUT2D eigenvalue weighted by Crippen LogP contribution is 2.33. The number of ether oxygens (including phenoxy) is 1. The third-order valence-corrected chi connectivity index (χ3v) is 7.41. The summed E-state index contributed by atoms with van der Waals surface area (Å²) < 4.78 is 30.8. The van der Waals surface area contributed by atoms with Crippen molar-refractivity contribution in [2.75, 3.05) is 24.7 Å². The first-order valence-corrected chi connectivity index (χ1v) is 13.6. The summed E-state index contributed by atoms with van der Waals surface area (Å²) in [4.78, 5) is 8.78. The number of nitrogens with zero attached hydrogens (tertiary/aromatic N) is 3. The van der Waals surface area contributed by atoms with Crippen molar-refractivity contribution < 1.29 is 13.2 Å². The van der Waals surface area contributed by atoms with Gasteiger partial charge in [0.05, 0.1) is 16.8 Å². The first-order chi connectivity index (χ1) is 17.3. The number of para-hydroxylation sites is 1. The second-order valence-electron chi connectivity index (χ2n) is 8.52. The van der Waals surface area contributed by atoms with Crippen molar-refractivity contribution in [1.82, 2.24) is 14.3 Å². The van der Waals surface area contributed by atoms with Gasteiger partial charge in [0, 0.05) is 35.6 Å². The minimum atomic E-state index is -3.18. The van der Waals surface area contributed by atoms with E-state index in [0.29, 0.717) is 35.4 Å². The Morgan fingerprint density at radius 2 is 1.92 bits per heavy atom. The zero-order valence-corrected chi connectivity index (χ0v) is 21.1. The Balaban J connectivity index is 1.35. The lowest BCUT2D eigenvalue weighted by molar-refractivity contribution is 0.477. The van der Waals surface area contributed by atoms with Gasteiger partial charge in [-0.3, -0.25) is 0 Å². The molecule has 0 saturated carbocycles.